The second-order valence-electron chi connectivity index (χ2n) is 6.00. The van der Waals surface area contributed by atoms with Gasteiger partial charge in [-0.15, -0.1) is 0 Å². The van der Waals surface area contributed by atoms with Crippen LogP contribution in [-0.2, 0) is 14.8 Å². The lowest BCUT2D eigenvalue weighted by molar-refractivity contribution is -0.109. The van der Waals surface area contributed by atoms with Crippen molar-refractivity contribution >= 4 is 15.7 Å². The Morgan fingerprint density at radius 1 is 1.40 bits per heavy atom. The topological polar surface area (TPSA) is 72.6 Å². The lowest BCUT2D eigenvalue weighted by Crippen LogP contribution is -2.53. The van der Waals surface area contributed by atoms with Gasteiger partial charge in [0, 0.05) is 18.8 Å². The molecular formula is C14H22N2O3S. The third kappa shape index (κ3) is 2.97. The van der Waals surface area contributed by atoms with Crippen molar-refractivity contribution in [1.82, 2.24) is 4.31 Å². The van der Waals surface area contributed by atoms with Gasteiger partial charge in [-0.1, -0.05) is 6.07 Å². The highest BCUT2D eigenvalue weighted by molar-refractivity contribution is 7.89. The van der Waals surface area contributed by atoms with Crippen LogP contribution in [0.1, 0.15) is 26.3 Å². The summed E-state index contributed by atoms with van der Waals surface area (Å²) in [5, 5.41) is 0. The molecule has 5 nitrogen and oxygen atoms in total. The summed E-state index contributed by atoms with van der Waals surface area (Å²) >= 11 is 0. The van der Waals surface area contributed by atoms with E-state index in [1.165, 1.54) is 10.4 Å². The lowest BCUT2D eigenvalue weighted by atomic mass is 10.1. The van der Waals surface area contributed by atoms with Gasteiger partial charge >= 0.3 is 0 Å². The first-order valence-electron chi connectivity index (χ1n) is 6.66. The summed E-state index contributed by atoms with van der Waals surface area (Å²) in [6, 6.07) is 4.86. The number of morpholine rings is 1. The molecule has 6 heteroatoms. The number of nitrogens with two attached hydrogens (primary N) is 1. The predicted molar refractivity (Wildman–Crippen MR) is 79.0 cm³/mol. The van der Waals surface area contributed by atoms with E-state index in [0.29, 0.717) is 18.8 Å². The molecule has 0 radical (unpaired) electrons. The number of anilines is 1. The number of benzene rings is 1. The van der Waals surface area contributed by atoms with E-state index in [-0.39, 0.29) is 11.0 Å². The second kappa shape index (κ2) is 5.02. The van der Waals surface area contributed by atoms with Crippen molar-refractivity contribution < 1.29 is 13.2 Å². The maximum atomic E-state index is 12.7. The molecule has 1 aromatic carbocycles. The number of rotatable bonds is 2. The number of hydrogen-bond donors (Lipinski definition) is 1. The van der Waals surface area contributed by atoms with E-state index >= 15 is 0 Å². The Hall–Kier alpha value is -1.11. The lowest BCUT2D eigenvalue weighted by Gasteiger charge is -2.40. The van der Waals surface area contributed by atoms with Gasteiger partial charge in [-0.25, -0.2) is 8.42 Å². The van der Waals surface area contributed by atoms with Gasteiger partial charge < -0.3 is 10.5 Å². The molecule has 0 spiro atoms. The van der Waals surface area contributed by atoms with Gasteiger partial charge in [0.1, 0.15) is 0 Å². The smallest absolute Gasteiger partial charge is 0.243 e. The Morgan fingerprint density at radius 2 is 2.05 bits per heavy atom. The maximum absolute atomic E-state index is 12.7. The van der Waals surface area contributed by atoms with Crippen LogP contribution < -0.4 is 5.73 Å². The van der Waals surface area contributed by atoms with Gasteiger partial charge in [0.05, 0.1) is 16.6 Å². The van der Waals surface area contributed by atoms with Gasteiger partial charge in [-0.3, -0.25) is 0 Å². The highest BCUT2D eigenvalue weighted by Gasteiger charge is 2.37. The van der Waals surface area contributed by atoms with Crippen LogP contribution in [0.4, 0.5) is 5.69 Å². The van der Waals surface area contributed by atoms with Gasteiger partial charge in [-0.05, 0) is 45.4 Å². The molecule has 1 unspecified atom stereocenters. The molecule has 112 valence electrons. The number of nitrogen functional groups attached to an aromatic ring is 1. The normalized spacial score (nSPS) is 23.7. The second-order valence-corrected chi connectivity index (χ2v) is 7.94. The Morgan fingerprint density at radius 3 is 2.60 bits per heavy atom. The highest BCUT2D eigenvalue weighted by atomic mass is 32.2. The summed E-state index contributed by atoms with van der Waals surface area (Å²) < 4.78 is 32.6. The van der Waals surface area contributed by atoms with E-state index in [2.05, 4.69) is 0 Å². The highest BCUT2D eigenvalue weighted by Crippen LogP contribution is 2.27. The minimum atomic E-state index is -3.53. The van der Waals surface area contributed by atoms with Crippen molar-refractivity contribution in [3.63, 3.8) is 0 Å². The molecule has 1 aliphatic heterocycles. The van der Waals surface area contributed by atoms with Gasteiger partial charge in [0.2, 0.25) is 10.0 Å². The molecule has 0 amide bonds. The van der Waals surface area contributed by atoms with E-state index in [9.17, 15) is 8.42 Å². The number of nitrogens with zero attached hydrogens (tertiary/aromatic N) is 1. The van der Waals surface area contributed by atoms with Gasteiger partial charge in [-0.2, -0.15) is 4.31 Å². The third-order valence-electron chi connectivity index (χ3n) is 3.43. The van der Waals surface area contributed by atoms with Crippen molar-refractivity contribution in [2.45, 2.75) is 44.3 Å². The van der Waals surface area contributed by atoms with Crippen molar-refractivity contribution in [2.24, 2.45) is 0 Å². The van der Waals surface area contributed by atoms with Gasteiger partial charge in [0.25, 0.3) is 0 Å². The molecule has 1 atom stereocenters. The first-order chi connectivity index (χ1) is 9.12. The van der Waals surface area contributed by atoms with E-state index in [0.717, 1.165) is 5.56 Å². The molecule has 0 bridgehead atoms. The third-order valence-corrected chi connectivity index (χ3v) is 5.23. The molecule has 1 fully saturated rings. The summed E-state index contributed by atoms with van der Waals surface area (Å²) in [7, 11) is -3.53. The monoisotopic (exact) mass is 298 g/mol. The minimum absolute atomic E-state index is 0.128. The van der Waals surface area contributed by atoms with Crippen molar-refractivity contribution in [3.8, 4) is 0 Å². The molecule has 0 saturated carbocycles. The fourth-order valence-electron chi connectivity index (χ4n) is 2.51. The minimum Gasteiger partial charge on any atom is -0.398 e. The maximum Gasteiger partial charge on any atom is 0.243 e. The number of hydrogen-bond acceptors (Lipinski definition) is 4. The quantitative estimate of drug-likeness (QED) is 0.845. The van der Waals surface area contributed by atoms with Crippen molar-refractivity contribution in [1.29, 1.82) is 0 Å². The summed E-state index contributed by atoms with van der Waals surface area (Å²) in [5.74, 6) is 0. The SMILES string of the molecule is Cc1ccc(S(=O)(=O)N2CC(C)OC(C)(C)C2)cc1N. The van der Waals surface area contributed by atoms with E-state index < -0.39 is 15.6 Å². The molecule has 2 N–H and O–H groups in total. The van der Waals surface area contributed by atoms with Gasteiger partial charge in [0.15, 0.2) is 0 Å². The Balaban J connectivity index is 2.36. The van der Waals surface area contributed by atoms with E-state index in [1.54, 1.807) is 12.1 Å². The van der Waals surface area contributed by atoms with Crippen LogP contribution in [0.15, 0.2) is 23.1 Å². The van der Waals surface area contributed by atoms with Crippen molar-refractivity contribution in [3.05, 3.63) is 23.8 Å². The molecule has 1 heterocycles. The van der Waals surface area contributed by atoms with E-state index in [4.69, 9.17) is 10.5 Å². The summed E-state index contributed by atoms with van der Waals surface area (Å²) in [4.78, 5) is 0.241. The zero-order valence-corrected chi connectivity index (χ0v) is 13.2. The average molecular weight is 298 g/mol. The van der Waals surface area contributed by atoms with Crippen LogP contribution in [0.3, 0.4) is 0 Å². The zero-order chi connectivity index (χ0) is 15.1. The van der Waals surface area contributed by atoms with Crippen LogP contribution in [0.25, 0.3) is 0 Å². The largest absolute Gasteiger partial charge is 0.398 e. The van der Waals surface area contributed by atoms with E-state index in [1.807, 2.05) is 27.7 Å². The Labute approximate surface area is 120 Å². The molecule has 0 aliphatic carbocycles. The standard InChI is InChI=1S/C14H22N2O3S/c1-10-5-6-12(7-13(10)15)20(17,18)16-8-11(2)19-14(3,4)9-16/h5-7,11H,8-9,15H2,1-4H3. The number of aryl methyl sites for hydroxylation is 1. The first-order valence-corrected chi connectivity index (χ1v) is 8.10. The Kier molecular flexibility index (Phi) is 3.83. The van der Waals surface area contributed by atoms with Crippen LogP contribution in [-0.4, -0.2) is 37.5 Å². The fraction of sp³-hybridized carbons (Fsp3) is 0.571. The Bertz CT molecular complexity index is 611. The molecule has 1 aromatic rings. The van der Waals surface area contributed by atoms with Crippen LogP contribution in [0, 0.1) is 6.92 Å². The molecule has 20 heavy (non-hydrogen) atoms. The van der Waals surface area contributed by atoms with Crippen molar-refractivity contribution in [2.75, 3.05) is 18.8 Å². The predicted octanol–water partition coefficient (Wildman–Crippen LogP) is 1.77. The fourth-order valence-corrected chi connectivity index (χ4v) is 4.21. The summed E-state index contributed by atoms with van der Waals surface area (Å²) in [6.07, 6.45) is -0.128. The summed E-state index contributed by atoms with van der Waals surface area (Å²) in [5.41, 5.74) is 6.70. The molecule has 1 saturated heterocycles. The first kappa shape index (κ1) is 15.3. The summed E-state index contributed by atoms with van der Waals surface area (Å²) in [6.45, 7) is 8.23. The zero-order valence-electron chi connectivity index (χ0n) is 12.4. The van der Waals surface area contributed by atoms with Crippen LogP contribution in [0.5, 0.6) is 0 Å². The van der Waals surface area contributed by atoms with Crippen LogP contribution in [0.2, 0.25) is 0 Å². The molecular weight excluding hydrogens is 276 g/mol. The number of ether oxygens (including phenoxy) is 1. The molecule has 1 aliphatic rings. The number of sulfonamides is 1. The molecule has 2 rings (SSSR count). The van der Waals surface area contributed by atoms with Crippen LogP contribution >= 0.6 is 0 Å². The average Bonchev–Trinajstić information content (AvgIpc) is 2.30. The molecule has 0 aromatic heterocycles.